The fraction of sp³-hybridized carbons (Fsp3) is 0.500. The number of rotatable bonds is 8. The predicted octanol–water partition coefficient (Wildman–Crippen LogP) is 3.21. The van der Waals surface area contributed by atoms with Crippen LogP contribution in [0.3, 0.4) is 0 Å². The Hall–Kier alpha value is -0.350. The van der Waals surface area contributed by atoms with Gasteiger partial charge in [-0.1, -0.05) is 11.6 Å². The van der Waals surface area contributed by atoms with Gasteiger partial charge < -0.3 is 10.1 Å². The molecule has 2 nitrogen and oxygen atoms in total. The zero-order chi connectivity index (χ0) is 12.5. The molecular formula is C12H16Cl2FNO. The summed E-state index contributed by atoms with van der Waals surface area (Å²) in [6.07, 6.45) is 0.874. The molecule has 0 fully saturated rings. The quantitative estimate of drug-likeness (QED) is 0.583. The second kappa shape index (κ2) is 8.70. The van der Waals surface area contributed by atoms with Crippen LogP contribution in [0.1, 0.15) is 12.0 Å². The van der Waals surface area contributed by atoms with E-state index in [1.165, 1.54) is 6.07 Å². The lowest BCUT2D eigenvalue weighted by molar-refractivity contribution is 0.146. The molecule has 0 spiro atoms. The first-order valence-electron chi connectivity index (χ1n) is 5.52. The maximum Gasteiger partial charge on any atom is 0.127 e. The topological polar surface area (TPSA) is 21.3 Å². The second-order valence-electron chi connectivity index (χ2n) is 3.57. The summed E-state index contributed by atoms with van der Waals surface area (Å²) in [5.74, 6) is 0.279. The van der Waals surface area contributed by atoms with Gasteiger partial charge in [0.15, 0.2) is 0 Å². The Morgan fingerprint density at radius 2 is 2.12 bits per heavy atom. The summed E-state index contributed by atoms with van der Waals surface area (Å²) in [5, 5.41) is 3.68. The summed E-state index contributed by atoms with van der Waals surface area (Å²) in [6, 6.07) is 4.55. The zero-order valence-corrected chi connectivity index (χ0v) is 11.0. The molecule has 1 rings (SSSR count). The van der Waals surface area contributed by atoms with Gasteiger partial charge in [0.25, 0.3) is 0 Å². The van der Waals surface area contributed by atoms with Crippen molar-refractivity contribution in [1.82, 2.24) is 5.32 Å². The Bertz CT molecular complexity index is 336. The van der Waals surface area contributed by atoms with Crippen molar-refractivity contribution < 1.29 is 9.13 Å². The number of hydrogen-bond donors (Lipinski definition) is 1. The molecule has 1 aromatic carbocycles. The first kappa shape index (κ1) is 14.7. The van der Waals surface area contributed by atoms with Crippen molar-refractivity contribution in [2.24, 2.45) is 0 Å². The molecule has 0 saturated heterocycles. The van der Waals surface area contributed by atoms with Crippen LogP contribution in [0.4, 0.5) is 4.39 Å². The van der Waals surface area contributed by atoms with Gasteiger partial charge in [-0.25, -0.2) is 4.39 Å². The molecule has 0 saturated carbocycles. The lowest BCUT2D eigenvalue weighted by Crippen LogP contribution is -2.17. The highest BCUT2D eigenvalue weighted by atomic mass is 35.5. The van der Waals surface area contributed by atoms with Crippen LogP contribution in [-0.4, -0.2) is 25.6 Å². The van der Waals surface area contributed by atoms with Gasteiger partial charge in [-0.3, -0.25) is 0 Å². The van der Waals surface area contributed by atoms with Crippen LogP contribution in [0.15, 0.2) is 18.2 Å². The van der Waals surface area contributed by atoms with Gasteiger partial charge in [-0.2, -0.15) is 0 Å². The van der Waals surface area contributed by atoms with Crippen LogP contribution in [0.25, 0.3) is 0 Å². The van der Waals surface area contributed by atoms with E-state index in [0.29, 0.717) is 36.2 Å². The Morgan fingerprint density at radius 1 is 1.29 bits per heavy atom. The third-order valence-corrected chi connectivity index (χ3v) is 2.58. The Labute approximate surface area is 111 Å². The zero-order valence-electron chi connectivity index (χ0n) is 9.52. The molecule has 17 heavy (non-hydrogen) atoms. The van der Waals surface area contributed by atoms with Crippen LogP contribution < -0.4 is 5.32 Å². The van der Waals surface area contributed by atoms with Gasteiger partial charge in [0.2, 0.25) is 0 Å². The highest BCUT2D eigenvalue weighted by Crippen LogP contribution is 2.14. The molecule has 0 aliphatic heterocycles. The van der Waals surface area contributed by atoms with Crippen molar-refractivity contribution in [3.8, 4) is 0 Å². The summed E-state index contributed by atoms with van der Waals surface area (Å²) in [7, 11) is 0. The molecule has 0 radical (unpaired) electrons. The Balaban J connectivity index is 2.15. The van der Waals surface area contributed by atoms with E-state index in [0.717, 1.165) is 13.0 Å². The van der Waals surface area contributed by atoms with E-state index in [4.69, 9.17) is 27.9 Å². The van der Waals surface area contributed by atoms with Crippen molar-refractivity contribution >= 4 is 23.2 Å². The lowest BCUT2D eigenvalue weighted by atomic mass is 10.2. The number of benzene rings is 1. The molecule has 0 aliphatic carbocycles. The highest BCUT2D eigenvalue weighted by Gasteiger charge is 2.01. The monoisotopic (exact) mass is 279 g/mol. The van der Waals surface area contributed by atoms with Crippen molar-refractivity contribution in [1.29, 1.82) is 0 Å². The van der Waals surface area contributed by atoms with Gasteiger partial charge in [-0.15, -0.1) is 11.6 Å². The van der Waals surface area contributed by atoms with Crippen molar-refractivity contribution in [3.05, 3.63) is 34.6 Å². The van der Waals surface area contributed by atoms with Crippen LogP contribution in [0, 0.1) is 5.82 Å². The molecule has 0 heterocycles. The summed E-state index contributed by atoms with van der Waals surface area (Å²) >= 11 is 11.2. The summed E-state index contributed by atoms with van der Waals surface area (Å²) in [6.45, 7) is 2.48. The van der Waals surface area contributed by atoms with E-state index < -0.39 is 0 Å². The Kier molecular flexibility index (Phi) is 7.53. The molecule has 0 aromatic heterocycles. The van der Waals surface area contributed by atoms with E-state index >= 15 is 0 Å². The molecule has 1 aromatic rings. The number of alkyl halides is 1. The van der Waals surface area contributed by atoms with Crippen molar-refractivity contribution in [2.75, 3.05) is 25.6 Å². The number of nitrogens with one attached hydrogen (secondary N) is 1. The molecule has 5 heteroatoms. The molecule has 0 unspecified atom stereocenters. The average Bonchev–Trinajstić information content (AvgIpc) is 2.32. The molecular weight excluding hydrogens is 264 g/mol. The van der Waals surface area contributed by atoms with Crippen LogP contribution in [0.2, 0.25) is 5.02 Å². The number of ether oxygens (including phenoxy) is 1. The molecule has 96 valence electrons. The average molecular weight is 280 g/mol. The number of halogens is 3. The third kappa shape index (κ3) is 6.22. The van der Waals surface area contributed by atoms with E-state index in [1.54, 1.807) is 12.1 Å². The molecule has 0 aliphatic rings. The smallest absolute Gasteiger partial charge is 0.127 e. The summed E-state index contributed by atoms with van der Waals surface area (Å²) in [4.78, 5) is 0. The van der Waals surface area contributed by atoms with Crippen molar-refractivity contribution in [3.63, 3.8) is 0 Å². The van der Waals surface area contributed by atoms with Crippen LogP contribution in [0.5, 0.6) is 0 Å². The predicted molar refractivity (Wildman–Crippen MR) is 69.3 cm³/mol. The Morgan fingerprint density at radius 3 is 2.88 bits per heavy atom. The second-order valence-corrected chi connectivity index (χ2v) is 4.38. The van der Waals surface area contributed by atoms with E-state index in [2.05, 4.69) is 5.32 Å². The molecule has 0 amide bonds. The summed E-state index contributed by atoms with van der Waals surface area (Å²) in [5.41, 5.74) is 0.583. The first-order valence-corrected chi connectivity index (χ1v) is 6.43. The molecule has 1 N–H and O–H groups in total. The lowest BCUT2D eigenvalue weighted by Gasteiger charge is -2.06. The fourth-order valence-electron chi connectivity index (χ4n) is 1.36. The minimum absolute atomic E-state index is 0.236. The molecule has 0 atom stereocenters. The van der Waals surface area contributed by atoms with E-state index in [-0.39, 0.29) is 5.82 Å². The van der Waals surface area contributed by atoms with Gasteiger partial charge in [0.05, 0.1) is 6.61 Å². The third-order valence-electron chi connectivity index (χ3n) is 2.19. The van der Waals surface area contributed by atoms with Gasteiger partial charge in [0.1, 0.15) is 5.82 Å². The minimum atomic E-state index is -0.236. The number of hydrogen-bond acceptors (Lipinski definition) is 2. The van der Waals surface area contributed by atoms with Crippen molar-refractivity contribution in [2.45, 2.75) is 13.0 Å². The SMILES string of the molecule is Fc1ccc(Cl)cc1CNCCCOCCCl. The highest BCUT2D eigenvalue weighted by molar-refractivity contribution is 6.30. The largest absolute Gasteiger partial charge is 0.380 e. The van der Waals surface area contributed by atoms with Gasteiger partial charge in [-0.05, 0) is 31.2 Å². The van der Waals surface area contributed by atoms with Gasteiger partial charge in [0, 0.05) is 29.6 Å². The van der Waals surface area contributed by atoms with Crippen LogP contribution >= 0.6 is 23.2 Å². The van der Waals surface area contributed by atoms with E-state index in [9.17, 15) is 4.39 Å². The molecule has 0 bridgehead atoms. The minimum Gasteiger partial charge on any atom is -0.380 e. The van der Waals surface area contributed by atoms with Crippen LogP contribution in [-0.2, 0) is 11.3 Å². The summed E-state index contributed by atoms with van der Waals surface area (Å²) < 4.78 is 18.5. The normalized spacial score (nSPS) is 10.8. The fourth-order valence-corrected chi connectivity index (χ4v) is 1.66. The standard InChI is InChI=1S/C12H16Cl2FNO/c13-4-7-17-6-1-5-16-9-10-8-11(14)2-3-12(10)15/h2-3,8,16H,1,4-7,9H2. The van der Waals surface area contributed by atoms with E-state index in [1.807, 2.05) is 0 Å². The first-order chi connectivity index (χ1) is 8.24. The maximum absolute atomic E-state index is 13.3. The van der Waals surface area contributed by atoms with Gasteiger partial charge >= 0.3 is 0 Å². The maximum atomic E-state index is 13.3.